The van der Waals surface area contributed by atoms with Gasteiger partial charge < -0.3 is 15.6 Å². The third kappa shape index (κ3) is 3.71. The van der Waals surface area contributed by atoms with Gasteiger partial charge >= 0.3 is 6.03 Å². The number of benzene rings is 2. The molecule has 3 aromatic rings. The van der Waals surface area contributed by atoms with Crippen molar-refractivity contribution in [3.63, 3.8) is 0 Å². The molecule has 1 aromatic heterocycles. The predicted molar refractivity (Wildman–Crippen MR) is 111 cm³/mol. The van der Waals surface area contributed by atoms with Crippen molar-refractivity contribution >= 4 is 34.4 Å². The van der Waals surface area contributed by atoms with Gasteiger partial charge in [-0.3, -0.25) is 14.5 Å². The van der Waals surface area contributed by atoms with Crippen LogP contribution in [0.15, 0.2) is 48.7 Å². The number of nitrogens with zero attached hydrogens (tertiary/aromatic N) is 1. The molecule has 148 valence electrons. The summed E-state index contributed by atoms with van der Waals surface area (Å²) in [5.41, 5.74) is 4.53. The number of aromatic nitrogens is 1. The number of nitrogens with one attached hydrogen (secondary N) is 3. The highest BCUT2D eigenvalue weighted by molar-refractivity contribution is 6.08. The van der Waals surface area contributed by atoms with Gasteiger partial charge in [-0.1, -0.05) is 30.3 Å². The second-order valence-electron chi connectivity index (χ2n) is 7.36. The van der Waals surface area contributed by atoms with E-state index in [4.69, 9.17) is 0 Å². The lowest BCUT2D eigenvalue weighted by Gasteiger charge is -2.14. The van der Waals surface area contributed by atoms with Crippen molar-refractivity contribution in [1.82, 2.24) is 15.2 Å². The number of H-pyrrole nitrogens is 1. The zero-order valence-electron chi connectivity index (χ0n) is 16.3. The highest BCUT2D eigenvalue weighted by atomic mass is 16.2. The lowest BCUT2D eigenvalue weighted by molar-refractivity contribution is -0.130. The van der Waals surface area contributed by atoms with Crippen LogP contribution in [0.5, 0.6) is 0 Å². The SMILES string of the molecule is Cc1ccc(C)c(NC(=O)CN2C(=O)NC(Cc3c[nH]c4ccccc34)C2=O)c1. The second-order valence-corrected chi connectivity index (χ2v) is 7.36. The minimum Gasteiger partial charge on any atom is -0.361 e. The number of imide groups is 1. The van der Waals surface area contributed by atoms with E-state index >= 15 is 0 Å². The van der Waals surface area contributed by atoms with Crippen LogP contribution in [0.4, 0.5) is 10.5 Å². The molecule has 7 heteroatoms. The van der Waals surface area contributed by atoms with Gasteiger partial charge in [0.05, 0.1) is 0 Å². The Bertz CT molecular complexity index is 1120. The maximum atomic E-state index is 12.7. The average molecular weight is 390 g/mol. The third-order valence-electron chi connectivity index (χ3n) is 5.17. The van der Waals surface area contributed by atoms with Crippen molar-refractivity contribution in [3.05, 3.63) is 65.4 Å². The Labute approximate surface area is 168 Å². The zero-order valence-corrected chi connectivity index (χ0v) is 16.3. The fourth-order valence-electron chi connectivity index (χ4n) is 3.59. The number of carbonyl (C=O) groups is 3. The maximum absolute atomic E-state index is 12.7. The van der Waals surface area contributed by atoms with Gasteiger partial charge in [0.25, 0.3) is 5.91 Å². The Morgan fingerprint density at radius 3 is 2.76 bits per heavy atom. The largest absolute Gasteiger partial charge is 0.361 e. The van der Waals surface area contributed by atoms with Crippen LogP contribution in [-0.2, 0) is 16.0 Å². The summed E-state index contributed by atoms with van der Waals surface area (Å²) in [4.78, 5) is 41.6. The van der Waals surface area contributed by atoms with Crippen molar-refractivity contribution in [2.75, 3.05) is 11.9 Å². The molecule has 1 fully saturated rings. The molecular weight excluding hydrogens is 368 g/mol. The van der Waals surface area contributed by atoms with E-state index in [1.807, 2.05) is 62.5 Å². The minimum absolute atomic E-state index is 0.317. The Hall–Kier alpha value is -3.61. The summed E-state index contributed by atoms with van der Waals surface area (Å²) in [6, 6.07) is 12.3. The number of aryl methyl sites for hydroxylation is 2. The zero-order chi connectivity index (χ0) is 20.5. The van der Waals surface area contributed by atoms with Gasteiger partial charge in [-0.25, -0.2) is 4.79 Å². The van der Waals surface area contributed by atoms with Crippen molar-refractivity contribution in [3.8, 4) is 0 Å². The standard InChI is InChI=1S/C22H22N4O3/c1-13-7-8-14(2)18(9-13)24-20(27)12-26-21(28)19(25-22(26)29)10-15-11-23-17-6-4-3-5-16(15)17/h3-9,11,19,23H,10,12H2,1-2H3,(H,24,27)(H,25,29). The average Bonchev–Trinajstić information content (AvgIpc) is 3.21. The molecule has 0 saturated carbocycles. The normalized spacial score (nSPS) is 16.3. The van der Waals surface area contributed by atoms with Crippen molar-refractivity contribution in [2.24, 2.45) is 0 Å². The van der Waals surface area contributed by atoms with E-state index in [9.17, 15) is 14.4 Å². The maximum Gasteiger partial charge on any atom is 0.325 e. The molecule has 4 rings (SSSR count). The summed E-state index contributed by atoms with van der Waals surface area (Å²) in [6.07, 6.45) is 2.21. The summed E-state index contributed by atoms with van der Waals surface area (Å²) in [5, 5.41) is 6.49. The number of hydrogen-bond donors (Lipinski definition) is 3. The number of hydrogen-bond acceptors (Lipinski definition) is 3. The van der Waals surface area contributed by atoms with Crippen LogP contribution in [0.1, 0.15) is 16.7 Å². The molecule has 1 aliphatic heterocycles. The van der Waals surface area contributed by atoms with Crippen LogP contribution >= 0.6 is 0 Å². The van der Waals surface area contributed by atoms with Crippen LogP contribution in [0.25, 0.3) is 10.9 Å². The number of urea groups is 1. The first-order chi connectivity index (χ1) is 13.9. The topological polar surface area (TPSA) is 94.3 Å². The quantitative estimate of drug-likeness (QED) is 0.585. The first-order valence-corrected chi connectivity index (χ1v) is 9.46. The summed E-state index contributed by atoms with van der Waals surface area (Å²) in [6.45, 7) is 3.50. The molecule has 3 N–H and O–H groups in total. The summed E-state index contributed by atoms with van der Waals surface area (Å²) < 4.78 is 0. The molecule has 1 aliphatic rings. The Morgan fingerprint density at radius 2 is 1.93 bits per heavy atom. The number of para-hydroxylation sites is 1. The van der Waals surface area contributed by atoms with E-state index in [-0.39, 0.29) is 6.54 Å². The molecule has 7 nitrogen and oxygen atoms in total. The molecule has 4 amide bonds. The number of rotatable bonds is 5. The minimum atomic E-state index is -0.685. The van der Waals surface area contributed by atoms with Gasteiger partial charge in [0, 0.05) is 29.2 Å². The first-order valence-electron chi connectivity index (χ1n) is 9.46. The predicted octanol–water partition coefficient (Wildman–Crippen LogP) is 2.89. The van der Waals surface area contributed by atoms with Gasteiger partial charge in [0.15, 0.2) is 0 Å². The number of fused-ring (bicyclic) bond motifs is 1. The van der Waals surface area contributed by atoms with Gasteiger partial charge in [-0.2, -0.15) is 0 Å². The highest BCUT2D eigenvalue weighted by Gasteiger charge is 2.39. The molecule has 0 bridgehead atoms. The van der Waals surface area contributed by atoms with E-state index in [1.54, 1.807) is 0 Å². The lowest BCUT2D eigenvalue weighted by atomic mass is 10.1. The summed E-state index contributed by atoms with van der Waals surface area (Å²) in [5.74, 6) is -0.800. The molecule has 1 unspecified atom stereocenters. The van der Waals surface area contributed by atoms with E-state index in [0.717, 1.165) is 32.5 Å². The third-order valence-corrected chi connectivity index (χ3v) is 5.17. The Morgan fingerprint density at radius 1 is 1.14 bits per heavy atom. The monoisotopic (exact) mass is 390 g/mol. The van der Waals surface area contributed by atoms with Gasteiger partial charge in [0.2, 0.25) is 5.91 Å². The highest BCUT2D eigenvalue weighted by Crippen LogP contribution is 2.21. The van der Waals surface area contributed by atoms with Crippen LogP contribution in [0.3, 0.4) is 0 Å². The van der Waals surface area contributed by atoms with Crippen molar-refractivity contribution < 1.29 is 14.4 Å². The molecule has 1 atom stereocenters. The van der Waals surface area contributed by atoms with Gasteiger partial charge in [-0.15, -0.1) is 0 Å². The van der Waals surface area contributed by atoms with Gasteiger partial charge in [0.1, 0.15) is 12.6 Å². The first kappa shape index (κ1) is 18.7. The van der Waals surface area contributed by atoms with Crippen LogP contribution < -0.4 is 10.6 Å². The van der Waals surface area contributed by atoms with Crippen molar-refractivity contribution in [1.29, 1.82) is 0 Å². The number of aromatic amines is 1. The molecular formula is C22H22N4O3. The molecule has 2 heterocycles. The lowest BCUT2D eigenvalue weighted by Crippen LogP contribution is -2.38. The number of carbonyl (C=O) groups excluding carboxylic acids is 3. The van der Waals surface area contributed by atoms with Crippen molar-refractivity contribution in [2.45, 2.75) is 26.3 Å². The van der Waals surface area contributed by atoms with E-state index in [0.29, 0.717) is 12.1 Å². The Balaban J connectivity index is 1.44. The molecule has 1 saturated heterocycles. The number of anilines is 1. The van der Waals surface area contributed by atoms with E-state index in [2.05, 4.69) is 15.6 Å². The van der Waals surface area contributed by atoms with Crippen LogP contribution in [0, 0.1) is 13.8 Å². The second kappa shape index (κ2) is 7.43. The summed E-state index contributed by atoms with van der Waals surface area (Å²) in [7, 11) is 0. The smallest absolute Gasteiger partial charge is 0.325 e. The molecule has 0 radical (unpaired) electrons. The van der Waals surface area contributed by atoms with E-state index < -0.39 is 23.9 Å². The fraction of sp³-hybridized carbons (Fsp3) is 0.227. The molecule has 0 spiro atoms. The van der Waals surface area contributed by atoms with Gasteiger partial charge in [-0.05, 0) is 42.7 Å². The fourth-order valence-corrected chi connectivity index (χ4v) is 3.59. The Kier molecular flexibility index (Phi) is 4.80. The van der Waals surface area contributed by atoms with Crippen LogP contribution in [-0.4, -0.2) is 40.3 Å². The molecule has 0 aliphatic carbocycles. The van der Waals surface area contributed by atoms with E-state index in [1.165, 1.54) is 0 Å². The van der Waals surface area contributed by atoms with Crippen LogP contribution in [0.2, 0.25) is 0 Å². The molecule has 29 heavy (non-hydrogen) atoms. The number of amides is 4. The molecule has 2 aromatic carbocycles. The summed E-state index contributed by atoms with van der Waals surface area (Å²) >= 11 is 0.